The van der Waals surface area contributed by atoms with Gasteiger partial charge in [0.25, 0.3) is 5.91 Å². The van der Waals surface area contributed by atoms with Crippen LogP contribution in [0.5, 0.6) is 0 Å². The van der Waals surface area contributed by atoms with E-state index in [-0.39, 0.29) is 30.4 Å². The summed E-state index contributed by atoms with van der Waals surface area (Å²) in [5.74, 6) is 1.04. The van der Waals surface area contributed by atoms with E-state index in [1.54, 1.807) is 23.9 Å². The summed E-state index contributed by atoms with van der Waals surface area (Å²) in [6, 6.07) is 15.5. The first-order chi connectivity index (χ1) is 19.9. The molecule has 2 aromatic carbocycles. The molecule has 2 atom stereocenters. The van der Waals surface area contributed by atoms with E-state index in [0.29, 0.717) is 12.1 Å². The maximum atomic E-state index is 13.4. The molecule has 11 heteroatoms. The van der Waals surface area contributed by atoms with Gasteiger partial charge in [-0.25, -0.2) is 13.2 Å². The molecule has 228 valence electrons. The lowest BCUT2D eigenvalue weighted by molar-refractivity contribution is -0.139. The van der Waals surface area contributed by atoms with E-state index in [4.69, 9.17) is 9.15 Å². The van der Waals surface area contributed by atoms with E-state index in [9.17, 15) is 23.1 Å². The molecule has 0 fully saturated rings. The molecule has 0 aliphatic rings. The van der Waals surface area contributed by atoms with E-state index in [1.807, 2.05) is 68.4 Å². The molecule has 0 bridgehead atoms. The van der Waals surface area contributed by atoms with Crippen molar-refractivity contribution in [2.45, 2.75) is 45.6 Å². The van der Waals surface area contributed by atoms with Crippen LogP contribution in [0.2, 0.25) is 0 Å². The highest BCUT2D eigenvalue weighted by Crippen LogP contribution is 2.30. The van der Waals surface area contributed by atoms with Crippen LogP contribution >= 0.6 is 11.8 Å². The van der Waals surface area contributed by atoms with E-state index >= 15 is 0 Å². The Balaban J connectivity index is 1.89. The summed E-state index contributed by atoms with van der Waals surface area (Å²) in [5, 5.41) is 12.1. The molecule has 1 heterocycles. The fourth-order valence-corrected chi connectivity index (χ4v) is 5.77. The average molecular weight is 617 g/mol. The molecule has 0 saturated heterocycles. The smallest absolute Gasteiger partial charge is 0.326 e. The van der Waals surface area contributed by atoms with Gasteiger partial charge >= 0.3 is 5.97 Å². The number of hydrogen-bond acceptors (Lipinski definition) is 8. The third-order valence-corrected chi connectivity index (χ3v) is 8.46. The second-order valence-corrected chi connectivity index (χ2v) is 14.1. The molecular weight excluding hydrogens is 576 g/mol. The van der Waals surface area contributed by atoms with Gasteiger partial charge in [-0.1, -0.05) is 37.3 Å². The van der Waals surface area contributed by atoms with Crippen molar-refractivity contribution in [1.82, 2.24) is 10.2 Å². The number of aliphatic carboxylic acids is 1. The van der Waals surface area contributed by atoms with Gasteiger partial charge in [0, 0.05) is 17.6 Å². The highest BCUT2D eigenvalue weighted by molar-refractivity contribution is 7.99. The Morgan fingerprint density at radius 1 is 1.10 bits per heavy atom. The van der Waals surface area contributed by atoms with E-state index < -0.39 is 27.8 Å². The molecule has 1 aromatic heterocycles. The van der Waals surface area contributed by atoms with Crippen LogP contribution in [0.15, 0.2) is 59.0 Å². The molecular formula is C31H40N2O7S2. The van der Waals surface area contributed by atoms with E-state index in [2.05, 4.69) is 12.2 Å². The predicted octanol–water partition coefficient (Wildman–Crippen LogP) is 4.95. The zero-order chi connectivity index (χ0) is 30.9. The summed E-state index contributed by atoms with van der Waals surface area (Å²) in [7, 11) is 0.567. The minimum absolute atomic E-state index is 0.230. The van der Waals surface area contributed by atoms with Crippen LogP contribution in [0.25, 0.3) is 11.1 Å². The highest BCUT2D eigenvalue weighted by Gasteiger charge is 2.25. The van der Waals surface area contributed by atoms with Gasteiger partial charge in [0.2, 0.25) is 0 Å². The molecule has 3 rings (SSSR count). The number of hydrogen-bond donors (Lipinski definition) is 2. The molecule has 0 radical (unpaired) electrons. The lowest BCUT2D eigenvalue weighted by atomic mass is 9.93. The van der Waals surface area contributed by atoms with Crippen LogP contribution in [0, 0.1) is 6.92 Å². The van der Waals surface area contributed by atoms with Crippen molar-refractivity contribution < 1.29 is 32.3 Å². The van der Waals surface area contributed by atoms with Crippen molar-refractivity contribution >= 4 is 33.5 Å². The molecule has 0 aliphatic heterocycles. The number of carbonyl (C=O) groups excluding carboxylic acids is 1. The lowest BCUT2D eigenvalue weighted by Crippen LogP contribution is -2.42. The number of nitrogens with zero attached hydrogens (tertiary/aromatic N) is 1. The Morgan fingerprint density at radius 3 is 2.48 bits per heavy atom. The van der Waals surface area contributed by atoms with Crippen LogP contribution in [-0.4, -0.2) is 74.0 Å². The number of furan rings is 1. The number of amides is 1. The molecule has 1 amide bonds. The summed E-state index contributed by atoms with van der Waals surface area (Å²) in [6.45, 7) is 4.99. The Kier molecular flexibility index (Phi) is 12.2. The highest BCUT2D eigenvalue weighted by atomic mass is 32.2. The standard InChI is InChI=1S/C31H40N2O7S2/c1-6-41-20-29(28-14-12-23(40-28)18-33(3)4)39-19-22-11-13-25(26(17-22)24-10-8-7-9-21(24)2)30(34)32-27(31(35)36)15-16-42(5,37)38/h7-14,17,27,29H,6,15-16,18-20H2,1-5H3,(H,32,34)(H,35,36)/t27-,29+/m0/s1. The third kappa shape index (κ3) is 10.0. The number of sulfone groups is 1. The van der Waals surface area contributed by atoms with Gasteiger partial charge in [0.15, 0.2) is 0 Å². The second-order valence-electron chi connectivity index (χ2n) is 10.5. The summed E-state index contributed by atoms with van der Waals surface area (Å²) in [4.78, 5) is 27.2. The van der Waals surface area contributed by atoms with Crippen molar-refractivity contribution in [2.75, 3.05) is 37.6 Å². The molecule has 0 unspecified atom stereocenters. The Labute approximate surface area is 252 Å². The van der Waals surface area contributed by atoms with Gasteiger partial charge < -0.3 is 24.5 Å². The van der Waals surface area contributed by atoms with Gasteiger partial charge in [-0.2, -0.15) is 11.8 Å². The van der Waals surface area contributed by atoms with Crippen molar-refractivity contribution in [1.29, 1.82) is 0 Å². The topological polar surface area (TPSA) is 126 Å². The molecule has 0 aliphatic carbocycles. The number of carboxylic acid groups (broad SMARTS) is 1. The number of benzene rings is 2. The molecule has 3 aromatic rings. The third-order valence-electron chi connectivity index (χ3n) is 6.54. The summed E-state index contributed by atoms with van der Waals surface area (Å²) < 4.78 is 35.6. The fraction of sp³-hybridized carbons (Fsp3) is 0.419. The van der Waals surface area contributed by atoms with Crippen LogP contribution in [0.3, 0.4) is 0 Å². The first kappa shape index (κ1) is 33.4. The number of carbonyl (C=O) groups is 2. The Hall–Kier alpha value is -3.12. The normalized spacial score (nSPS) is 13.2. The molecule has 0 spiro atoms. The summed E-state index contributed by atoms with van der Waals surface area (Å²) in [5.41, 5.74) is 3.52. The number of aryl methyl sites for hydroxylation is 1. The number of ether oxygens (including phenoxy) is 1. The number of rotatable bonds is 16. The average Bonchev–Trinajstić information content (AvgIpc) is 3.38. The lowest BCUT2D eigenvalue weighted by Gasteiger charge is -2.19. The number of thioether (sulfide) groups is 1. The number of nitrogens with one attached hydrogen (secondary N) is 1. The summed E-state index contributed by atoms with van der Waals surface area (Å²) in [6.07, 6.45) is 0.540. The Bertz CT molecular complexity index is 1470. The van der Waals surface area contributed by atoms with Crippen LogP contribution in [-0.2, 0) is 32.5 Å². The minimum atomic E-state index is -3.40. The molecule has 42 heavy (non-hydrogen) atoms. The number of carboxylic acids is 1. The van der Waals surface area contributed by atoms with Crippen molar-refractivity contribution in [2.24, 2.45) is 0 Å². The van der Waals surface area contributed by atoms with Crippen LogP contribution in [0.1, 0.15) is 52.5 Å². The van der Waals surface area contributed by atoms with Gasteiger partial charge in [-0.3, -0.25) is 4.79 Å². The largest absolute Gasteiger partial charge is 0.480 e. The first-order valence-electron chi connectivity index (χ1n) is 13.7. The fourth-order valence-electron chi connectivity index (χ4n) is 4.40. The van der Waals surface area contributed by atoms with Crippen molar-refractivity contribution in [3.05, 3.63) is 82.8 Å². The molecule has 9 nitrogen and oxygen atoms in total. The minimum Gasteiger partial charge on any atom is -0.480 e. The predicted molar refractivity (Wildman–Crippen MR) is 166 cm³/mol. The van der Waals surface area contributed by atoms with Crippen molar-refractivity contribution in [3.63, 3.8) is 0 Å². The van der Waals surface area contributed by atoms with E-state index in [0.717, 1.165) is 46.0 Å². The maximum Gasteiger partial charge on any atom is 0.326 e. The molecule has 2 N–H and O–H groups in total. The monoisotopic (exact) mass is 616 g/mol. The summed E-state index contributed by atoms with van der Waals surface area (Å²) >= 11 is 1.76. The van der Waals surface area contributed by atoms with Crippen molar-refractivity contribution in [3.8, 4) is 11.1 Å². The van der Waals surface area contributed by atoms with Crippen LogP contribution < -0.4 is 5.32 Å². The second kappa shape index (κ2) is 15.4. The Morgan fingerprint density at radius 2 is 1.83 bits per heavy atom. The zero-order valence-corrected chi connectivity index (χ0v) is 26.4. The quantitative estimate of drug-likeness (QED) is 0.230. The van der Waals surface area contributed by atoms with Gasteiger partial charge in [0.1, 0.15) is 33.5 Å². The van der Waals surface area contributed by atoms with E-state index in [1.165, 1.54) is 0 Å². The maximum absolute atomic E-state index is 13.4. The van der Waals surface area contributed by atoms with Gasteiger partial charge in [-0.15, -0.1) is 0 Å². The van der Waals surface area contributed by atoms with Gasteiger partial charge in [0.05, 0.1) is 18.9 Å². The first-order valence-corrected chi connectivity index (χ1v) is 16.9. The van der Waals surface area contributed by atoms with Crippen LogP contribution in [0.4, 0.5) is 0 Å². The zero-order valence-electron chi connectivity index (χ0n) is 24.8. The molecule has 0 saturated carbocycles. The van der Waals surface area contributed by atoms with Gasteiger partial charge in [-0.05, 0) is 79.7 Å². The SMILES string of the molecule is CCSC[C@@H](OCc1ccc(C(=O)N[C@@H](CCS(C)(=O)=O)C(=O)O)c(-c2ccccc2C)c1)c1ccc(CN(C)C)o1.